The highest BCUT2D eigenvalue weighted by Crippen LogP contribution is 2.25. The Bertz CT molecular complexity index is 1360. The molecule has 3 aromatic rings. The lowest BCUT2D eigenvalue weighted by Crippen LogP contribution is -2.55. The summed E-state index contributed by atoms with van der Waals surface area (Å²) >= 11 is 0. The lowest BCUT2D eigenvalue weighted by Gasteiger charge is -2.27. The minimum absolute atomic E-state index is 0.0704. The van der Waals surface area contributed by atoms with Gasteiger partial charge in [0.1, 0.15) is 12.1 Å². The number of carbonyl (C=O) groups excluding carboxylic acids is 4. The van der Waals surface area contributed by atoms with E-state index in [-0.39, 0.29) is 18.2 Å². The SMILES string of the molecule is CC(C)C[C@H](NC(=O)C(c1ccccc1)c1ccccc1)C(=O)N[C@@H](Cc1ccccc1)C(=O)C(=O)NCCCN1CCOCC1. The molecule has 0 spiro atoms. The second kappa shape index (κ2) is 18.0. The first kappa shape index (κ1) is 34.5. The summed E-state index contributed by atoms with van der Waals surface area (Å²) in [5.41, 5.74) is 2.41. The van der Waals surface area contributed by atoms with Crippen molar-refractivity contribution in [1.82, 2.24) is 20.9 Å². The molecule has 1 heterocycles. The largest absolute Gasteiger partial charge is 0.379 e. The first-order chi connectivity index (χ1) is 22.3. The lowest BCUT2D eigenvalue weighted by molar-refractivity contribution is -0.140. The van der Waals surface area contributed by atoms with Gasteiger partial charge in [0, 0.05) is 26.1 Å². The summed E-state index contributed by atoms with van der Waals surface area (Å²) in [5.74, 6) is -2.83. The molecule has 4 rings (SSSR count). The highest BCUT2D eigenvalue weighted by atomic mass is 16.5. The number of hydrogen-bond acceptors (Lipinski definition) is 6. The molecule has 0 unspecified atom stereocenters. The Balaban J connectivity index is 1.47. The normalized spacial score (nSPS) is 14.8. The number of nitrogens with zero attached hydrogens (tertiary/aromatic N) is 1. The topological polar surface area (TPSA) is 117 Å². The molecule has 1 aliphatic heterocycles. The van der Waals surface area contributed by atoms with Crippen LogP contribution in [0.25, 0.3) is 0 Å². The van der Waals surface area contributed by atoms with Crippen LogP contribution < -0.4 is 16.0 Å². The molecule has 1 fully saturated rings. The Morgan fingerprint density at radius 2 is 1.28 bits per heavy atom. The molecule has 244 valence electrons. The molecule has 0 radical (unpaired) electrons. The van der Waals surface area contributed by atoms with Gasteiger partial charge in [-0.3, -0.25) is 24.1 Å². The lowest BCUT2D eigenvalue weighted by atomic mass is 9.90. The number of benzene rings is 3. The number of hydrogen-bond donors (Lipinski definition) is 3. The predicted molar refractivity (Wildman–Crippen MR) is 178 cm³/mol. The van der Waals surface area contributed by atoms with Crippen molar-refractivity contribution in [1.29, 1.82) is 0 Å². The van der Waals surface area contributed by atoms with E-state index in [0.29, 0.717) is 32.6 Å². The predicted octanol–water partition coefficient (Wildman–Crippen LogP) is 3.48. The van der Waals surface area contributed by atoms with Crippen LogP contribution in [0.2, 0.25) is 0 Å². The second-order valence-electron chi connectivity index (χ2n) is 12.1. The van der Waals surface area contributed by atoms with E-state index in [4.69, 9.17) is 4.74 Å². The fourth-order valence-corrected chi connectivity index (χ4v) is 5.65. The van der Waals surface area contributed by atoms with E-state index in [9.17, 15) is 19.2 Å². The summed E-state index contributed by atoms with van der Waals surface area (Å²) in [4.78, 5) is 56.5. The molecular weight excluding hydrogens is 580 g/mol. The van der Waals surface area contributed by atoms with Crippen molar-refractivity contribution in [2.75, 3.05) is 39.4 Å². The van der Waals surface area contributed by atoms with Gasteiger partial charge < -0.3 is 20.7 Å². The van der Waals surface area contributed by atoms with Crippen molar-refractivity contribution in [3.8, 4) is 0 Å². The Morgan fingerprint density at radius 1 is 0.739 bits per heavy atom. The van der Waals surface area contributed by atoms with Crippen LogP contribution in [0, 0.1) is 5.92 Å². The molecule has 3 amide bonds. The van der Waals surface area contributed by atoms with Gasteiger partial charge in [-0.2, -0.15) is 0 Å². The summed E-state index contributed by atoms with van der Waals surface area (Å²) < 4.78 is 5.38. The molecule has 9 nitrogen and oxygen atoms in total. The Morgan fingerprint density at radius 3 is 1.85 bits per heavy atom. The van der Waals surface area contributed by atoms with Crippen LogP contribution in [0.15, 0.2) is 91.0 Å². The Labute approximate surface area is 272 Å². The number of nitrogens with one attached hydrogen (secondary N) is 3. The van der Waals surface area contributed by atoms with Crippen LogP contribution in [0.3, 0.4) is 0 Å². The third kappa shape index (κ3) is 10.6. The molecule has 46 heavy (non-hydrogen) atoms. The third-order valence-electron chi connectivity index (χ3n) is 8.05. The molecule has 0 bridgehead atoms. The maximum absolute atomic E-state index is 13.9. The fraction of sp³-hybridized carbons (Fsp3) is 0.405. The number of Topliss-reactive ketones (excluding diaryl/α,β-unsaturated/α-hetero) is 1. The van der Waals surface area contributed by atoms with Gasteiger partial charge in [0.15, 0.2) is 0 Å². The molecule has 1 aliphatic rings. The molecule has 9 heteroatoms. The van der Waals surface area contributed by atoms with Crippen LogP contribution >= 0.6 is 0 Å². The van der Waals surface area contributed by atoms with Crippen LogP contribution in [-0.4, -0.2) is 79.9 Å². The maximum atomic E-state index is 13.9. The van der Waals surface area contributed by atoms with Crippen molar-refractivity contribution in [3.05, 3.63) is 108 Å². The van der Waals surface area contributed by atoms with Crippen molar-refractivity contribution < 1.29 is 23.9 Å². The molecule has 1 saturated heterocycles. The van der Waals surface area contributed by atoms with E-state index in [1.165, 1.54) is 0 Å². The molecule has 0 aromatic heterocycles. The molecule has 0 aliphatic carbocycles. The smallest absolute Gasteiger partial charge is 0.289 e. The molecule has 3 N–H and O–H groups in total. The van der Waals surface area contributed by atoms with E-state index in [0.717, 1.165) is 36.3 Å². The van der Waals surface area contributed by atoms with Crippen LogP contribution in [-0.2, 0) is 30.3 Å². The molecule has 0 saturated carbocycles. The number of rotatable bonds is 16. The van der Waals surface area contributed by atoms with Crippen molar-refractivity contribution in [3.63, 3.8) is 0 Å². The highest BCUT2D eigenvalue weighted by molar-refractivity contribution is 6.38. The number of ether oxygens (including phenoxy) is 1. The fourth-order valence-electron chi connectivity index (χ4n) is 5.65. The zero-order valence-corrected chi connectivity index (χ0v) is 26.8. The highest BCUT2D eigenvalue weighted by Gasteiger charge is 2.32. The van der Waals surface area contributed by atoms with Gasteiger partial charge >= 0.3 is 0 Å². The van der Waals surface area contributed by atoms with Gasteiger partial charge in [0.2, 0.25) is 17.6 Å². The van der Waals surface area contributed by atoms with E-state index >= 15 is 0 Å². The number of amides is 3. The van der Waals surface area contributed by atoms with Crippen LogP contribution in [0.5, 0.6) is 0 Å². The first-order valence-electron chi connectivity index (χ1n) is 16.2. The first-order valence-corrected chi connectivity index (χ1v) is 16.2. The maximum Gasteiger partial charge on any atom is 0.289 e. The number of carbonyl (C=O) groups is 4. The Hall–Kier alpha value is -4.34. The van der Waals surface area contributed by atoms with Gasteiger partial charge in [-0.25, -0.2) is 0 Å². The van der Waals surface area contributed by atoms with Gasteiger partial charge in [-0.05, 0) is 42.0 Å². The van der Waals surface area contributed by atoms with E-state index in [2.05, 4.69) is 20.9 Å². The summed E-state index contributed by atoms with van der Waals surface area (Å²) in [7, 11) is 0. The monoisotopic (exact) mass is 626 g/mol. The van der Waals surface area contributed by atoms with E-state index in [1.54, 1.807) is 0 Å². The average Bonchev–Trinajstić information content (AvgIpc) is 3.07. The Kier molecular flexibility index (Phi) is 13.5. The average molecular weight is 627 g/mol. The van der Waals surface area contributed by atoms with Gasteiger partial charge in [0.25, 0.3) is 5.91 Å². The standard InChI is InChI=1S/C37H46N4O5/c1-27(2)25-32(40-36(44)33(29-15-8-4-9-16-29)30-17-10-5-11-18-30)35(43)39-31(26-28-13-6-3-7-14-28)34(42)37(45)38-19-12-20-41-21-23-46-24-22-41/h3-11,13-18,27,31-33H,12,19-26H2,1-2H3,(H,38,45)(H,39,43)(H,40,44)/t31-,32-/m0/s1. The van der Waals surface area contributed by atoms with Crippen LogP contribution in [0.4, 0.5) is 0 Å². The van der Waals surface area contributed by atoms with Gasteiger partial charge in [-0.1, -0.05) is 105 Å². The van der Waals surface area contributed by atoms with Gasteiger partial charge in [0.05, 0.1) is 19.1 Å². The van der Waals surface area contributed by atoms with Crippen LogP contribution in [0.1, 0.15) is 49.3 Å². The minimum atomic E-state index is -1.10. The second-order valence-corrected chi connectivity index (χ2v) is 12.1. The van der Waals surface area contributed by atoms with E-state index < -0.39 is 35.6 Å². The molecular formula is C37H46N4O5. The van der Waals surface area contributed by atoms with E-state index in [1.807, 2.05) is 105 Å². The van der Waals surface area contributed by atoms with Crippen molar-refractivity contribution in [2.24, 2.45) is 5.92 Å². The minimum Gasteiger partial charge on any atom is -0.379 e. The van der Waals surface area contributed by atoms with Crippen molar-refractivity contribution in [2.45, 2.75) is 51.1 Å². The quantitative estimate of drug-likeness (QED) is 0.166. The summed E-state index contributed by atoms with van der Waals surface area (Å²) in [6, 6.07) is 26.1. The molecule has 3 aromatic carbocycles. The zero-order valence-electron chi connectivity index (χ0n) is 26.8. The number of morpholine rings is 1. The van der Waals surface area contributed by atoms with Gasteiger partial charge in [-0.15, -0.1) is 0 Å². The molecule has 2 atom stereocenters. The summed E-state index contributed by atoms with van der Waals surface area (Å²) in [5, 5.41) is 8.55. The summed E-state index contributed by atoms with van der Waals surface area (Å²) in [6.45, 7) is 8.18. The van der Waals surface area contributed by atoms with Crippen molar-refractivity contribution >= 4 is 23.5 Å². The number of ketones is 1. The zero-order chi connectivity index (χ0) is 32.7. The summed E-state index contributed by atoms with van der Waals surface area (Å²) in [6.07, 6.45) is 1.20. The third-order valence-corrected chi connectivity index (χ3v) is 8.05.